The maximum Gasteiger partial charge on any atom is 0.255 e. The minimum Gasteiger partial charge on any atom is -0.383 e. The maximum absolute atomic E-state index is 12.8. The van der Waals surface area contributed by atoms with Gasteiger partial charge in [-0.15, -0.1) is 0 Å². The van der Waals surface area contributed by atoms with Crippen LogP contribution in [0.5, 0.6) is 0 Å². The molecule has 2 heterocycles. The molecule has 0 saturated carbocycles. The van der Waals surface area contributed by atoms with Crippen molar-refractivity contribution in [2.45, 2.75) is 13.3 Å². The summed E-state index contributed by atoms with van der Waals surface area (Å²) >= 11 is 0. The molecule has 0 aliphatic rings. The van der Waals surface area contributed by atoms with Crippen LogP contribution in [0, 0.1) is 6.92 Å². The SMILES string of the molecule is COCCN(CC(F)F)c1nc(C)nc2c1cnn2C. The van der Waals surface area contributed by atoms with Gasteiger partial charge in [-0.2, -0.15) is 5.10 Å². The Morgan fingerprint density at radius 1 is 1.40 bits per heavy atom. The molecule has 6 nitrogen and oxygen atoms in total. The van der Waals surface area contributed by atoms with E-state index in [2.05, 4.69) is 15.1 Å². The van der Waals surface area contributed by atoms with Gasteiger partial charge in [0.05, 0.1) is 24.7 Å². The van der Waals surface area contributed by atoms with E-state index < -0.39 is 13.0 Å². The van der Waals surface area contributed by atoms with Crippen LogP contribution in [0.3, 0.4) is 0 Å². The van der Waals surface area contributed by atoms with E-state index >= 15 is 0 Å². The molecule has 110 valence electrons. The third kappa shape index (κ3) is 3.01. The van der Waals surface area contributed by atoms with Crippen LogP contribution in [0.4, 0.5) is 14.6 Å². The van der Waals surface area contributed by atoms with Crippen molar-refractivity contribution in [3.63, 3.8) is 0 Å². The van der Waals surface area contributed by atoms with Crippen molar-refractivity contribution in [2.75, 3.05) is 31.7 Å². The van der Waals surface area contributed by atoms with Crippen LogP contribution < -0.4 is 4.90 Å². The van der Waals surface area contributed by atoms with Gasteiger partial charge in [0.25, 0.3) is 6.43 Å². The summed E-state index contributed by atoms with van der Waals surface area (Å²) in [7, 11) is 3.29. The molecule has 0 fully saturated rings. The second-order valence-electron chi connectivity index (χ2n) is 4.43. The molecular weight excluding hydrogens is 268 g/mol. The fraction of sp³-hybridized carbons (Fsp3) is 0.583. The monoisotopic (exact) mass is 285 g/mol. The van der Waals surface area contributed by atoms with E-state index in [0.29, 0.717) is 35.8 Å². The Morgan fingerprint density at radius 2 is 2.15 bits per heavy atom. The lowest BCUT2D eigenvalue weighted by Crippen LogP contribution is -2.33. The molecule has 2 aromatic rings. The minimum atomic E-state index is -2.45. The summed E-state index contributed by atoms with van der Waals surface area (Å²) < 4.78 is 32.1. The number of fused-ring (bicyclic) bond motifs is 1. The van der Waals surface area contributed by atoms with Crippen LogP contribution in [-0.2, 0) is 11.8 Å². The van der Waals surface area contributed by atoms with E-state index in [1.165, 1.54) is 12.0 Å². The second kappa shape index (κ2) is 6.08. The summed E-state index contributed by atoms with van der Waals surface area (Å²) in [6.07, 6.45) is -0.858. The average Bonchev–Trinajstić information content (AvgIpc) is 2.75. The largest absolute Gasteiger partial charge is 0.383 e. The molecule has 0 saturated heterocycles. The van der Waals surface area contributed by atoms with Gasteiger partial charge in [0, 0.05) is 20.7 Å². The predicted octanol–water partition coefficient (Wildman–Crippen LogP) is 1.39. The van der Waals surface area contributed by atoms with E-state index in [1.54, 1.807) is 24.9 Å². The van der Waals surface area contributed by atoms with Crippen molar-refractivity contribution in [1.29, 1.82) is 0 Å². The van der Waals surface area contributed by atoms with E-state index in [9.17, 15) is 8.78 Å². The van der Waals surface area contributed by atoms with Gasteiger partial charge in [-0.1, -0.05) is 0 Å². The van der Waals surface area contributed by atoms with E-state index in [1.807, 2.05) is 0 Å². The number of hydrogen-bond donors (Lipinski definition) is 0. The molecule has 0 aliphatic heterocycles. The Hall–Kier alpha value is -1.83. The van der Waals surface area contributed by atoms with Gasteiger partial charge in [0.15, 0.2) is 5.65 Å². The minimum absolute atomic E-state index is 0.335. The lowest BCUT2D eigenvalue weighted by molar-refractivity contribution is 0.149. The van der Waals surface area contributed by atoms with Crippen molar-refractivity contribution in [2.24, 2.45) is 7.05 Å². The Morgan fingerprint density at radius 3 is 2.80 bits per heavy atom. The Kier molecular flexibility index (Phi) is 4.43. The fourth-order valence-electron chi connectivity index (χ4n) is 2.01. The Bertz CT molecular complexity index is 586. The highest BCUT2D eigenvalue weighted by Crippen LogP contribution is 2.23. The van der Waals surface area contributed by atoms with Crippen LogP contribution in [-0.4, -0.2) is 53.0 Å². The van der Waals surface area contributed by atoms with Crippen molar-refractivity contribution in [3.05, 3.63) is 12.0 Å². The number of anilines is 1. The van der Waals surface area contributed by atoms with Gasteiger partial charge in [0.2, 0.25) is 0 Å². The molecule has 0 aromatic carbocycles. The standard InChI is InChI=1S/C12H17F2N5O/c1-8-16-11-9(6-15-18(11)2)12(17-8)19(4-5-20-3)7-10(13)14/h6,10H,4-5,7H2,1-3H3. The zero-order valence-corrected chi connectivity index (χ0v) is 11.7. The normalized spacial score (nSPS) is 11.5. The van der Waals surface area contributed by atoms with Crippen molar-refractivity contribution in [3.8, 4) is 0 Å². The smallest absolute Gasteiger partial charge is 0.255 e. The van der Waals surface area contributed by atoms with Crippen LogP contribution >= 0.6 is 0 Å². The highest BCUT2D eigenvalue weighted by molar-refractivity contribution is 5.86. The summed E-state index contributed by atoms with van der Waals surface area (Å²) in [6, 6.07) is 0. The summed E-state index contributed by atoms with van der Waals surface area (Å²) in [4.78, 5) is 10.1. The Balaban J connectivity index is 2.45. The van der Waals surface area contributed by atoms with Gasteiger partial charge < -0.3 is 9.64 Å². The first-order valence-electron chi connectivity index (χ1n) is 6.21. The van der Waals surface area contributed by atoms with Gasteiger partial charge in [0.1, 0.15) is 11.6 Å². The molecule has 0 bridgehead atoms. The first kappa shape index (κ1) is 14.6. The average molecular weight is 285 g/mol. The van der Waals surface area contributed by atoms with Crippen molar-refractivity contribution < 1.29 is 13.5 Å². The van der Waals surface area contributed by atoms with Crippen molar-refractivity contribution in [1.82, 2.24) is 19.7 Å². The maximum atomic E-state index is 12.8. The summed E-state index contributed by atoms with van der Waals surface area (Å²) in [5, 5.41) is 4.77. The summed E-state index contributed by atoms with van der Waals surface area (Å²) in [5.74, 6) is 0.991. The highest BCUT2D eigenvalue weighted by atomic mass is 19.3. The third-order valence-corrected chi connectivity index (χ3v) is 2.91. The number of nitrogens with zero attached hydrogens (tertiary/aromatic N) is 5. The van der Waals surface area contributed by atoms with Crippen LogP contribution in [0.15, 0.2) is 6.20 Å². The van der Waals surface area contributed by atoms with Gasteiger partial charge in [-0.3, -0.25) is 4.68 Å². The number of rotatable bonds is 6. The molecule has 0 atom stereocenters. The van der Waals surface area contributed by atoms with Crippen LogP contribution in [0.25, 0.3) is 11.0 Å². The predicted molar refractivity (Wildman–Crippen MR) is 71.1 cm³/mol. The lowest BCUT2D eigenvalue weighted by Gasteiger charge is -2.23. The molecular formula is C12H17F2N5O. The summed E-state index contributed by atoms with van der Waals surface area (Å²) in [6.45, 7) is 2.01. The highest BCUT2D eigenvalue weighted by Gasteiger charge is 2.19. The fourth-order valence-corrected chi connectivity index (χ4v) is 2.01. The molecule has 0 spiro atoms. The first-order valence-corrected chi connectivity index (χ1v) is 6.21. The van der Waals surface area contributed by atoms with Crippen molar-refractivity contribution >= 4 is 16.9 Å². The van der Waals surface area contributed by atoms with Gasteiger partial charge >= 0.3 is 0 Å². The Labute approximate surface area is 115 Å². The van der Waals surface area contributed by atoms with Gasteiger partial charge in [-0.25, -0.2) is 18.7 Å². The molecule has 0 unspecified atom stereocenters. The lowest BCUT2D eigenvalue weighted by atomic mass is 10.3. The number of aryl methyl sites for hydroxylation is 2. The second-order valence-corrected chi connectivity index (χ2v) is 4.43. The zero-order chi connectivity index (χ0) is 14.7. The number of halogens is 2. The zero-order valence-electron chi connectivity index (χ0n) is 11.7. The van der Waals surface area contributed by atoms with E-state index in [4.69, 9.17) is 4.74 Å². The molecule has 8 heteroatoms. The first-order chi connectivity index (χ1) is 9.52. The number of alkyl halides is 2. The molecule has 0 amide bonds. The summed E-state index contributed by atoms with van der Waals surface area (Å²) in [5.41, 5.74) is 0.629. The number of aromatic nitrogens is 4. The molecule has 0 N–H and O–H groups in total. The van der Waals surface area contributed by atoms with Gasteiger partial charge in [-0.05, 0) is 6.92 Å². The van der Waals surface area contributed by atoms with Crippen LogP contribution in [0.1, 0.15) is 5.82 Å². The molecule has 2 aromatic heterocycles. The molecule has 0 radical (unpaired) electrons. The number of hydrogen-bond acceptors (Lipinski definition) is 5. The number of methoxy groups -OCH3 is 1. The molecule has 0 aliphatic carbocycles. The topological polar surface area (TPSA) is 56.1 Å². The number of ether oxygens (including phenoxy) is 1. The molecule has 2 rings (SSSR count). The third-order valence-electron chi connectivity index (χ3n) is 2.91. The van der Waals surface area contributed by atoms with E-state index in [0.717, 1.165) is 0 Å². The molecule has 20 heavy (non-hydrogen) atoms. The van der Waals surface area contributed by atoms with E-state index in [-0.39, 0.29) is 0 Å². The quantitative estimate of drug-likeness (QED) is 0.803. The van der Waals surface area contributed by atoms with Crippen LogP contribution in [0.2, 0.25) is 0 Å².